The summed E-state index contributed by atoms with van der Waals surface area (Å²) < 4.78 is 61.5. The Morgan fingerprint density at radius 1 is 1.29 bits per heavy atom. The number of sulfonamides is 1. The summed E-state index contributed by atoms with van der Waals surface area (Å²) in [7, 11) is -7.28. The van der Waals surface area contributed by atoms with E-state index in [1.165, 1.54) is 0 Å². The van der Waals surface area contributed by atoms with Crippen molar-refractivity contribution in [3.63, 3.8) is 0 Å². The van der Waals surface area contributed by atoms with Crippen molar-refractivity contribution in [3.05, 3.63) is 29.6 Å². The largest absolute Gasteiger partial charge is 0.320 e. The Morgan fingerprint density at radius 3 is 2.52 bits per heavy atom. The van der Waals surface area contributed by atoms with Crippen molar-refractivity contribution in [2.45, 2.75) is 4.90 Å². The SMILES string of the molecule is CS(=O)(=O)CCNS(=O)(=O)c1ccc(F)cc1C#CCN. The van der Waals surface area contributed by atoms with Gasteiger partial charge in [0.15, 0.2) is 0 Å². The molecule has 0 aromatic heterocycles. The molecule has 0 saturated heterocycles. The maximum atomic E-state index is 13.2. The first-order valence-electron chi connectivity index (χ1n) is 5.81. The molecule has 6 nitrogen and oxygen atoms in total. The first kappa shape index (κ1) is 17.6. The molecule has 3 N–H and O–H groups in total. The predicted octanol–water partition coefficient (Wildman–Crippen LogP) is -0.541. The highest BCUT2D eigenvalue weighted by molar-refractivity contribution is 7.91. The summed E-state index contributed by atoms with van der Waals surface area (Å²) in [6, 6.07) is 3.03. The molecule has 9 heteroatoms. The summed E-state index contributed by atoms with van der Waals surface area (Å²) in [6.07, 6.45) is 0.997. The molecule has 0 unspecified atom stereocenters. The maximum absolute atomic E-state index is 13.2. The second-order valence-electron chi connectivity index (χ2n) is 4.17. The van der Waals surface area contributed by atoms with E-state index in [2.05, 4.69) is 16.6 Å². The smallest absolute Gasteiger partial charge is 0.241 e. The molecule has 1 aromatic rings. The van der Waals surface area contributed by atoms with E-state index in [1.54, 1.807) is 0 Å². The Balaban J connectivity index is 3.08. The molecule has 1 aromatic carbocycles. The van der Waals surface area contributed by atoms with Gasteiger partial charge in [-0.05, 0) is 18.2 Å². The molecular formula is C12H15FN2O4S2. The van der Waals surface area contributed by atoms with Crippen molar-refractivity contribution in [1.82, 2.24) is 4.72 Å². The third-order valence-electron chi connectivity index (χ3n) is 2.32. The van der Waals surface area contributed by atoms with Crippen molar-refractivity contribution in [3.8, 4) is 11.8 Å². The van der Waals surface area contributed by atoms with Crippen molar-refractivity contribution in [1.29, 1.82) is 0 Å². The van der Waals surface area contributed by atoms with E-state index in [0.717, 1.165) is 24.5 Å². The van der Waals surface area contributed by atoms with Crippen molar-refractivity contribution in [2.75, 3.05) is 25.1 Å². The number of rotatable bonds is 5. The second-order valence-corrected chi connectivity index (χ2v) is 8.17. The van der Waals surface area contributed by atoms with E-state index < -0.39 is 25.7 Å². The molecule has 0 atom stereocenters. The van der Waals surface area contributed by atoms with Gasteiger partial charge < -0.3 is 5.73 Å². The number of nitrogens with two attached hydrogens (primary N) is 1. The fourth-order valence-corrected chi connectivity index (χ4v) is 3.19. The standard InChI is InChI=1S/C12H15FN2O4S2/c1-20(16,17)8-7-15-21(18,19)12-5-4-11(13)9-10(12)3-2-6-14/h4-5,9,15H,6-8,14H2,1H3. The normalized spacial score (nSPS) is 11.8. The third-order valence-corrected chi connectivity index (χ3v) is 4.79. The third kappa shape index (κ3) is 5.81. The Labute approximate surface area is 123 Å². The molecule has 0 fully saturated rings. The van der Waals surface area contributed by atoms with Crippen LogP contribution in [0.15, 0.2) is 23.1 Å². The number of halogens is 1. The average molecular weight is 334 g/mol. The molecule has 0 amide bonds. The average Bonchev–Trinajstić information content (AvgIpc) is 2.34. The van der Waals surface area contributed by atoms with Gasteiger partial charge in [-0.15, -0.1) is 0 Å². The lowest BCUT2D eigenvalue weighted by Gasteiger charge is -2.08. The molecule has 0 saturated carbocycles. The molecule has 0 radical (unpaired) electrons. The van der Waals surface area contributed by atoms with Crippen LogP contribution in [0.5, 0.6) is 0 Å². The van der Waals surface area contributed by atoms with E-state index in [9.17, 15) is 21.2 Å². The highest BCUT2D eigenvalue weighted by Gasteiger charge is 2.18. The van der Waals surface area contributed by atoms with Crippen LogP contribution in [0.1, 0.15) is 5.56 Å². The minimum Gasteiger partial charge on any atom is -0.320 e. The van der Waals surface area contributed by atoms with Gasteiger partial charge in [-0.25, -0.2) is 25.9 Å². The highest BCUT2D eigenvalue weighted by atomic mass is 32.2. The molecule has 21 heavy (non-hydrogen) atoms. The lowest BCUT2D eigenvalue weighted by Crippen LogP contribution is -2.29. The summed E-state index contributed by atoms with van der Waals surface area (Å²) in [5.41, 5.74) is 5.17. The van der Waals surface area contributed by atoms with E-state index >= 15 is 0 Å². The first-order valence-corrected chi connectivity index (χ1v) is 9.36. The minimum absolute atomic E-state index is 0.00247. The summed E-state index contributed by atoms with van der Waals surface area (Å²) in [5, 5.41) is 0. The van der Waals surface area contributed by atoms with Crippen molar-refractivity contribution < 1.29 is 21.2 Å². The monoisotopic (exact) mass is 334 g/mol. The molecular weight excluding hydrogens is 319 g/mol. The van der Waals surface area contributed by atoms with Gasteiger partial charge >= 0.3 is 0 Å². The van der Waals surface area contributed by atoms with Crippen LogP contribution in [0, 0.1) is 17.7 Å². The summed E-state index contributed by atoms with van der Waals surface area (Å²) in [4.78, 5) is -0.224. The van der Waals surface area contributed by atoms with Crippen LogP contribution in [0.2, 0.25) is 0 Å². The molecule has 0 bridgehead atoms. The van der Waals surface area contributed by atoms with E-state index in [-0.39, 0.29) is 29.3 Å². The summed E-state index contributed by atoms with van der Waals surface area (Å²) in [5.74, 6) is 3.95. The summed E-state index contributed by atoms with van der Waals surface area (Å²) >= 11 is 0. The fourth-order valence-electron chi connectivity index (χ4n) is 1.42. The summed E-state index contributed by atoms with van der Waals surface area (Å²) in [6.45, 7) is -0.278. The van der Waals surface area contributed by atoms with Gasteiger partial charge in [0.25, 0.3) is 0 Å². The quantitative estimate of drug-likeness (QED) is 0.703. The van der Waals surface area contributed by atoms with Gasteiger partial charge in [-0.3, -0.25) is 0 Å². The molecule has 0 aliphatic heterocycles. The molecule has 0 spiro atoms. The molecule has 1 rings (SSSR count). The van der Waals surface area contributed by atoms with Crippen LogP contribution >= 0.6 is 0 Å². The maximum Gasteiger partial charge on any atom is 0.241 e. The van der Waals surface area contributed by atoms with Crippen LogP contribution in [-0.2, 0) is 19.9 Å². The Hall–Kier alpha value is -1.47. The van der Waals surface area contributed by atoms with Gasteiger partial charge in [-0.1, -0.05) is 11.8 Å². The number of nitrogens with one attached hydrogen (secondary N) is 1. The molecule has 0 aliphatic rings. The zero-order valence-electron chi connectivity index (χ0n) is 11.3. The van der Waals surface area contributed by atoms with Gasteiger partial charge in [0.05, 0.1) is 17.2 Å². The Kier molecular flexibility index (Phi) is 5.86. The van der Waals surface area contributed by atoms with E-state index in [4.69, 9.17) is 5.73 Å². The predicted molar refractivity (Wildman–Crippen MR) is 77.2 cm³/mol. The van der Waals surface area contributed by atoms with Crippen LogP contribution in [0.25, 0.3) is 0 Å². The Morgan fingerprint density at radius 2 is 1.95 bits per heavy atom. The van der Waals surface area contributed by atoms with Crippen LogP contribution in [-0.4, -0.2) is 41.9 Å². The van der Waals surface area contributed by atoms with Crippen molar-refractivity contribution in [2.24, 2.45) is 5.73 Å². The van der Waals surface area contributed by atoms with Crippen molar-refractivity contribution >= 4 is 19.9 Å². The number of benzene rings is 1. The van der Waals surface area contributed by atoms with Gasteiger partial charge in [-0.2, -0.15) is 0 Å². The zero-order chi connectivity index (χ0) is 16.1. The number of hydrogen-bond donors (Lipinski definition) is 2. The van der Waals surface area contributed by atoms with Gasteiger partial charge in [0, 0.05) is 18.4 Å². The van der Waals surface area contributed by atoms with E-state index in [1.807, 2.05) is 0 Å². The number of hydrogen-bond acceptors (Lipinski definition) is 5. The topological polar surface area (TPSA) is 106 Å². The van der Waals surface area contributed by atoms with Gasteiger partial charge in [0.2, 0.25) is 10.0 Å². The number of sulfone groups is 1. The van der Waals surface area contributed by atoms with E-state index in [0.29, 0.717) is 0 Å². The molecule has 116 valence electrons. The Bertz CT molecular complexity index is 777. The first-order chi connectivity index (χ1) is 9.65. The zero-order valence-corrected chi connectivity index (χ0v) is 12.9. The molecule has 0 aliphatic carbocycles. The van der Waals surface area contributed by atoms with Crippen LogP contribution in [0.4, 0.5) is 4.39 Å². The minimum atomic E-state index is -3.98. The van der Waals surface area contributed by atoms with Crippen LogP contribution in [0.3, 0.4) is 0 Å². The second kappa shape index (κ2) is 7.00. The lowest BCUT2D eigenvalue weighted by atomic mass is 10.2. The lowest BCUT2D eigenvalue weighted by molar-refractivity contribution is 0.581. The van der Waals surface area contributed by atoms with Crippen LogP contribution < -0.4 is 10.5 Å². The van der Waals surface area contributed by atoms with Gasteiger partial charge in [0.1, 0.15) is 15.7 Å². The highest BCUT2D eigenvalue weighted by Crippen LogP contribution is 2.16. The molecule has 0 heterocycles. The fraction of sp³-hybridized carbons (Fsp3) is 0.333.